The first kappa shape index (κ1) is 17.0. The normalized spacial score (nSPS) is 55.4. The molecule has 9 heteroatoms. The van der Waals surface area contributed by atoms with E-state index in [4.69, 9.17) is 14.2 Å². The van der Waals surface area contributed by atoms with Crippen molar-refractivity contribution in [1.29, 1.82) is 0 Å². The Balaban J connectivity index is 2.06. The quantitative estimate of drug-likeness (QED) is 0.308. The van der Waals surface area contributed by atoms with Crippen LogP contribution < -0.4 is 0 Å². The summed E-state index contributed by atoms with van der Waals surface area (Å²) in [6.07, 6.45) is -12.8. The zero-order valence-electron chi connectivity index (χ0n) is 11.7. The standard InChI is InChI=1S/C12H22O9/c1-3-5(13)6(14)9(17)12(20-3)21-10-4(2)19-11(18)8(16)7(10)15/h3-18H,1-2H3/t3-,4-,5-,6+,7-,8+,9+,10-,11?,12-/m0/s1. The Morgan fingerprint density at radius 2 is 1.29 bits per heavy atom. The lowest BCUT2D eigenvalue weighted by Crippen LogP contribution is -2.62. The second-order valence-corrected chi connectivity index (χ2v) is 5.50. The molecule has 0 spiro atoms. The molecule has 6 N–H and O–H groups in total. The van der Waals surface area contributed by atoms with Crippen molar-refractivity contribution >= 4 is 0 Å². The molecule has 2 saturated heterocycles. The van der Waals surface area contributed by atoms with E-state index in [9.17, 15) is 30.6 Å². The second-order valence-electron chi connectivity index (χ2n) is 5.50. The van der Waals surface area contributed by atoms with Gasteiger partial charge < -0.3 is 44.8 Å². The maximum atomic E-state index is 9.91. The molecular formula is C12H22O9. The van der Waals surface area contributed by atoms with Crippen LogP contribution in [0.1, 0.15) is 13.8 Å². The SMILES string of the molecule is C[C@@H]1O[C@@H](O[C@@H]2[C@@H](O)[C@@H](O)C(O)O[C@H]2C)[C@H](O)[C@H](O)[C@H]1O. The molecule has 0 aliphatic carbocycles. The van der Waals surface area contributed by atoms with Crippen molar-refractivity contribution in [2.24, 2.45) is 0 Å². The van der Waals surface area contributed by atoms with Gasteiger partial charge in [0.05, 0.1) is 12.2 Å². The fourth-order valence-corrected chi connectivity index (χ4v) is 2.49. The summed E-state index contributed by atoms with van der Waals surface area (Å²) in [6.45, 7) is 3.00. The van der Waals surface area contributed by atoms with Crippen molar-refractivity contribution in [2.75, 3.05) is 0 Å². The number of rotatable bonds is 2. The Kier molecular flexibility index (Phi) is 5.19. The summed E-state index contributed by atoms with van der Waals surface area (Å²) in [5.41, 5.74) is 0. The van der Waals surface area contributed by atoms with Crippen LogP contribution in [0.3, 0.4) is 0 Å². The summed E-state index contributed by atoms with van der Waals surface area (Å²) in [4.78, 5) is 0. The number of ether oxygens (including phenoxy) is 3. The highest BCUT2D eigenvalue weighted by Gasteiger charge is 2.48. The predicted molar refractivity (Wildman–Crippen MR) is 65.8 cm³/mol. The summed E-state index contributed by atoms with van der Waals surface area (Å²) < 4.78 is 15.6. The number of hydrogen-bond acceptors (Lipinski definition) is 9. The van der Waals surface area contributed by atoms with Crippen molar-refractivity contribution in [3.63, 3.8) is 0 Å². The summed E-state index contributed by atoms with van der Waals surface area (Å²) in [6, 6.07) is 0. The van der Waals surface area contributed by atoms with E-state index in [2.05, 4.69) is 0 Å². The first-order chi connectivity index (χ1) is 9.73. The smallest absolute Gasteiger partial charge is 0.187 e. The molecule has 0 amide bonds. The van der Waals surface area contributed by atoms with Crippen LogP contribution in [-0.4, -0.2) is 92.1 Å². The van der Waals surface area contributed by atoms with Crippen molar-refractivity contribution in [1.82, 2.24) is 0 Å². The van der Waals surface area contributed by atoms with Crippen LogP contribution in [0.2, 0.25) is 0 Å². The van der Waals surface area contributed by atoms with Gasteiger partial charge in [-0.25, -0.2) is 0 Å². The van der Waals surface area contributed by atoms with Gasteiger partial charge in [0.2, 0.25) is 0 Å². The number of aliphatic hydroxyl groups is 6. The van der Waals surface area contributed by atoms with Gasteiger partial charge in [0.15, 0.2) is 12.6 Å². The molecule has 9 nitrogen and oxygen atoms in total. The van der Waals surface area contributed by atoms with E-state index in [1.165, 1.54) is 13.8 Å². The molecule has 0 aromatic rings. The van der Waals surface area contributed by atoms with Gasteiger partial charge in [0, 0.05) is 0 Å². The first-order valence-corrected chi connectivity index (χ1v) is 6.78. The maximum absolute atomic E-state index is 9.91. The maximum Gasteiger partial charge on any atom is 0.187 e. The minimum Gasteiger partial charge on any atom is -0.388 e. The zero-order valence-corrected chi connectivity index (χ0v) is 11.7. The summed E-state index contributed by atoms with van der Waals surface area (Å²) in [5, 5.41) is 58.0. The van der Waals surface area contributed by atoms with Crippen molar-refractivity contribution in [2.45, 2.75) is 75.3 Å². The lowest BCUT2D eigenvalue weighted by molar-refractivity contribution is -0.348. The Hall–Kier alpha value is -0.360. The third-order valence-corrected chi connectivity index (χ3v) is 3.90. The number of aliphatic hydroxyl groups excluding tert-OH is 6. The van der Waals surface area contributed by atoms with E-state index >= 15 is 0 Å². The topological polar surface area (TPSA) is 149 Å². The molecule has 2 aliphatic rings. The Bertz CT molecular complexity index is 354. The van der Waals surface area contributed by atoms with Crippen LogP contribution in [0.25, 0.3) is 0 Å². The summed E-state index contributed by atoms with van der Waals surface area (Å²) >= 11 is 0. The highest BCUT2D eigenvalue weighted by molar-refractivity contribution is 4.91. The average Bonchev–Trinajstić information content (AvgIpc) is 2.44. The van der Waals surface area contributed by atoms with Crippen LogP contribution in [0, 0.1) is 0 Å². The van der Waals surface area contributed by atoms with Crippen LogP contribution >= 0.6 is 0 Å². The number of hydrogen-bond donors (Lipinski definition) is 6. The van der Waals surface area contributed by atoms with Crippen molar-refractivity contribution in [3.05, 3.63) is 0 Å². The molecule has 0 bridgehead atoms. The Labute approximate surface area is 121 Å². The largest absolute Gasteiger partial charge is 0.388 e. The third-order valence-electron chi connectivity index (χ3n) is 3.90. The highest BCUT2D eigenvalue weighted by Crippen LogP contribution is 2.28. The van der Waals surface area contributed by atoms with Gasteiger partial charge in [0.1, 0.15) is 36.6 Å². The van der Waals surface area contributed by atoms with E-state index in [0.29, 0.717) is 0 Å². The van der Waals surface area contributed by atoms with Gasteiger partial charge in [-0.05, 0) is 13.8 Å². The van der Waals surface area contributed by atoms with E-state index in [-0.39, 0.29) is 0 Å². The highest BCUT2D eigenvalue weighted by atomic mass is 16.7. The minimum atomic E-state index is -1.57. The third kappa shape index (κ3) is 3.21. The van der Waals surface area contributed by atoms with Gasteiger partial charge in [-0.15, -0.1) is 0 Å². The van der Waals surface area contributed by atoms with E-state index in [0.717, 1.165) is 0 Å². The van der Waals surface area contributed by atoms with Crippen molar-refractivity contribution in [3.8, 4) is 0 Å². The fraction of sp³-hybridized carbons (Fsp3) is 1.00. The molecule has 21 heavy (non-hydrogen) atoms. The molecule has 0 aromatic carbocycles. The molecule has 10 atom stereocenters. The summed E-state index contributed by atoms with van der Waals surface area (Å²) in [5.74, 6) is 0. The molecule has 0 saturated carbocycles. The average molecular weight is 310 g/mol. The Morgan fingerprint density at radius 3 is 1.90 bits per heavy atom. The first-order valence-electron chi connectivity index (χ1n) is 6.78. The molecular weight excluding hydrogens is 288 g/mol. The molecule has 0 aromatic heterocycles. The van der Waals surface area contributed by atoms with Gasteiger partial charge >= 0.3 is 0 Å². The molecule has 0 radical (unpaired) electrons. The van der Waals surface area contributed by atoms with Crippen LogP contribution in [0.5, 0.6) is 0 Å². The molecule has 1 unspecified atom stereocenters. The minimum absolute atomic E-state index is 0.784. The zero-order chi connectivity index (χ0) is 15.9. The second kappa shape index (κ2) is 6.41. The predicted octanol–water partition coefficient (Wildman–Crippen LogP) is -3.34. The van der Waals surface area contributed by atoms with E-state index in [1.54, 1.807) is 0 Å². The molecule has 124 valence electrons. The Morgan fingerprint density at radius 1 is 0.667 bits per heavy atom. The van der Waals surface area contributed by atoms with Crippen LogP contribution in [-0.2, 0) is 14.2 Å². The van der Waals surface area contributed by atoms with Gasteiger partial charge in [0.25, 0.3) is 0 Å². The molecule has 2 fully saturated rings. The summed E-state index contributed by atoms with van der Waals surface area (Å²) in [7, 11) is 0. The molecule has 2 aliphatic heterocycles. The van der Waals surface area contributed by atoms with Gasteiger partial charge in [-0.3, -0.25) is 0 Å². The van der Waals surface area contributed by atoms with E-state index in [1.807, 2.05) is 0 Å². The lowest BCUT2D eigenvalue weighted by atomic mass is 9.98. The fourth-order valence-electron chi connectivity index (χ4n) is 2.49. The van der Waals surface area contributed by atoms with Crippen LogP contribution in [0.4, 0.5) is 0 Å². The van der Waals surface area contributed by atoms with Gasteiger partial charge in [-0.1, -0.05) is 0 Å². The van der Waals surface area contributed by atoms with Crippen molar-refractivity contribution < 1.29 is 44.8 Å². The van der Waals surface area contributed by atoms with Crippen LogP contribution in [0.15, 0.2) is 0 Å². The van der Waals surface area contributed by atoms with Gasteiger partial charge in [-0.2, -0.15) is 0 Å². The molecule has 2 rings (SSSR count). The molecule has 2 heterocycles. The lowest BCUT2D eigenvalue weighted by Gasteiger charge is -2.44. The van der Waals surface area contributed by atoms with E-state index < -0.39 is 61.4 Å². The monoisotopic (exact) mass is 310 g/mol.